The van der Waals surface area contributed by atoms with E-state index in [-0.39, 0.29) is 17.3 Å². The molecule has 2 aromatic carbocycles. The highest BCUT2D eigenvalue weighted by molar-refractivity contribution is 5.92. The van der Waals surface area contributed by atoms with Crippen molar-refractivity contribution in [1.29, 1.82) is 0 Å². The van der Waals surface area contributed by atoms with Crippen molar-refractivity contribution < 1.29 is 22.7 Å². The van der Waals surface area contributed by atoms with Gasteiger partial charge in [-0.2, -0.15) is 13.2 Å². The molecule has 0 bridgehead atoms. The molecule has 0 aliphatic rings. The lowest BCUT2D eigenvalue weighted by molar-refractivity contribution is -0.145. The summed E-state index contributed by atoms with van der Waals surface area (Å²) >= 11 is 0. The first-order valence-electron chi connectivity index (χ1n) is 10.3. The van der Waals surface area contributed by atoms with Gasteiger partial charge in [0.05, 0.1) is 18.1 Å². The number of rotatable bonds is 8. The predicted molar refractivity (Wildman–Crippen MR) is 115 cm³/mol. The maximum absolute atomic E-state index is 13.7. The summed E-state index contributed by atoms with van der Waals surface area (Å²) in [6.45, 7) is 4.05. The van der Waals surface area contributed by atoms with Crippen LogP contribution in [0.3, 0.4) is 0 Å². The third kappa shape index (κ3) is 5.00. The largest absolute Gasteiger partial charge is 0.497 e. The van der Waals surface area contributed by atoms with Gasteiger partial charge in [0.25, 0.3) is 0 Å². The van der Waals surface area contributed by atoms with Crippen LogP contribution in [0.5, 0.6) is 5.75 Å². The van der Waals surface area contributed by atoms with E-state index < -0.39 is 12.0 Å². The zero-order valence-electron chi connectivity index (χ0n) is 17.8. The van der Waals surface area contributed by atoms with Gasteiger partial charge in [0.15, 0.2) is 0 Å². The Kier molecular flexibility index (Phi) is 6.87. The summed E-state index contributed by atoms with van der Waals surface area (Å²) in [5.41, 5.74) is 1.35. The maximum Gasteiger partial charge on any atom is 0.450 e. The summed E-state index contributed by atoms with van der Waals surface area (Å²) in [4.78, 5) is 16.3. The number of hydrogen-bond donors (Lipinski definition) is 1. The summed E-state index contributed by atoms with van der Waals surface area (Å²) in [7, 11) is 1.45. The third-order valence-electron chi connectivity index (χ3n) is 5.28. The molecule has 0 fully saturated rings. The molecule has 1 aromatic heterocycles. The summed E-state index contributed by atoms with van der Waals surface area (Å²) < 4.78 is 47.2. The van der Waals surface area contributed by atoms with Crippen molar-refractivity contribution >= 4 is 22.6 Å². The lowest BCUT2D eigenvalue weighted by atomic mass is 9.98. The maximum atomic E-state index is 13.7. The Bertz CT molecular complexity index is 1040. The Balaban J connectivity index is 1.92. The monoisotopic (exact) mass is 433 g/mol. The number of carbonyl (C=O) groups is 1. The average molecular weight is 433 g/mol. The molecule has 0 saturated heterocycles. The second-order valence-electron chi connectivity index (χ2n) is 7.41. The number of amides is 1. The zero-order valence-corrected chi connectivity index (χ0v) is 17.8. The number of fused-ring (bicyclic) bond motifs is 1. The van der Waals surface area contributed by atoms with Crippen LogP contribution in [0.1, 0.15) is 45.4 Å². The molecule has 3 rings (SSSR count). The number of nitrogens with one attached hydrogen (secondary N) is 1. The minimum absolute atomic E-state index is 0.0696. The number of methoxy groups -OCH3 is 1. The van der Waals surface area contributed by atoms with E-state index in [0.29, 0.717) is 22.6 Å². The van der Waals surface area contributed by atoms with Crippen molar-refractivity contribution in [3.05, 3.63) is 48.3 Å². The molecule has 0 saturated carbocycles. The normalized spacial score (nSPS) is 12.7. The van der Waals surface area contributed by atoms with Crippen LogP contribution in [-0.4, -0.2) is 22.6 Å². The summed E-state index contributed by atoms with van der Waals surface area (Å²) in [6.07, 6.45) is -1.08. The molecule has 0 spiro atoms. The van der Waals surface area contributed by atoms with E-state index in [1.165, 1.54) is 13.2 Å². The molecule has 1 amide bonds. The van der Waals surface area contributed by atoms with Gasteiger partial charge in [0.2, 0.25) is 11.7 Å². The Morgan fingerprint density at radius 1 is 1.16 bits per heavy atom. The van der Waals surface area contributed by atoms with Crippen LogP contribution < -0.4 is 10.1 Å². The first kappa shape index (κ1) is 22.7. The van der Waals surface area contributed by atoms with E-state index in [4.69, 9.17) is 4.74 Å². The Labute approximate surface area is 179 Å². The number of imidazole rings is 1. The fraction of sp³-hybridized carbons (Fsp3) is 0.391. The van der Waals surface area contributed by atoms with Crippen molar-refractivity contribution in [2.45, 2.75) is 45.7 Å². The quantitative estimate of drug-likeness (QED) is 0.460. The van der Waals surface area contributed by atoms with Gasteiger partial charge in [0.1, 0.15) is 5.75 Å². The van der Waals surface area contributed by atoms with Crippen LogP contribution in [0.15, 0.2) is 42.5 Å². The van der Waals surface area contributed by atoms with Gasteiger partial charge in [-0.1, -0.05) is 26.7 Å². The number of alkyl halides is 3. The molecule has 1 heterocycles. The highest BCUT2D eigenvalue weighted by atomic mass is 19.4. The molecule has 1 atom stereocenters. The van der Waals surface area contributed by atoms with Crippen molar-refractivity contribution in [2.24, 2.45) is 5.92 Å². The van der Waals surface area contributed by atoms with E-state index in [1.807, 2.05) is 6.92 Å². The van der Waals surface area contributed by atoms with Gasteiger partial charge < -0.3 is 10.1 Å². The van der Waals surface area contributed by atoms with Gasteiger partial charge in [-0.15, -0.1) is 0 Å². The topological polar surface area (TPSA) is 56.2 Å². The van der Waals surface area contributed by atoms with Crippen LogP contribution in [0.4, 0.5) is 18.9 Å². The SMILES string of the molecule is CCCCC(CC)C(=O)Nc1ccc(-n2c(C(F)(F)F)nc3cc(OC)ccc32)cc1. The van der Waals surface area contributed by atoms with E-state index in [2.05, 4.69) is 17.2 Å². The Morgan fingerprint density at radius 2 is 1.87 bits per heavy atom. The number of benzene rings is 2. The predicted octanol–water partition coefficient (Wildman–Crippen LogP) is 6.21. The van der Waals surface area contributed by atoms with Crippen LogP contribution in [-0.2, 0) is 11.0 Å². The number of halogens is 3. The summed E-state index contributed by atoms with van der Waals surface area (Å²) in [5.74, 6) is -0.737. The summed E-state index contributed by atoms with van der Waals surface area (Å²) in [6, 6.07) is 10.9. The minimum atomic E-state index is -4.63. The molecule has 0 aliphatic carbocycles. The molecule has 31 heavy (non-hydrogen) atoms. The van der Waals surface area contributed by atoms with Crippen molar-refractivity contribution in [1.82, 2.24) is 9.55 Å². The van der Waals surface area contributed by atoms with Gasteiger partial charge in [0, 0.05) is 23.4 Å². The van der Waals surface area contributed by atoms with E-state index >= 15 is 0 Å². The average Bonchev–Trinajstić information content (AvgIpc) is 3.14. The molecular formula is C23H26F3N3O2. The lowest BCUT2D eigenvalue weighted by Gasteiger charge is -2.15. The van der Waals surface area contributed by atoms with Gasteiger partial charge in [-0.25, -0.2) is 4.98 Å². The summed E-state index contributed by atoms with van der Waals surface area (Å²) in [5, 5.41) is 2.87. The van der Waals surface area contributed by atoms with Crippen LogP contribution in [0.25, 0.3) is 16.7 Å². The van der Waals surface area contributed by atoms with Gasteiger partial charge in [-0.3, -0.25) is 9.36 Å². The van der Waals surface area contributed by atoms with Gasteiger partial charge >= 0.3 is 6.18 Å². The number of aromatic nitrogens is 2. The van der Waals surface area contributed by atoms with Crippen LogP contribution in [0.2, 0.25) is 0 Å². The Hall–Kier alpha value is -3.03. The molecule has 0 aliphatic heterocycles. The number of unbranched alkanes of at least 4 members (excludes halogenated alkanes) is 1. The van der Waals surface area contributed by atoms with Crippen LogP contribution >= 0.6 is 0 Å². The lowest BCUT2D eigenvalue weighted by Crippen LogP contribution is -2.22. The standard InChI is InChI=1S/C23H26F3N3O2/c1-4-6-7-15(5-2)21(30)27-16-8-10-17(11-9-16)29-20-13-12-18(31-3)14-19(20)28-22(29)23(24,25)26/h8-15H,4-7H2,1-3H3,(H,27,30). The van der Waals surface area contributed by atoms with E-state index in [0.717, 1.165) is 30.3 Å². The molecule has 8 heteroatoms. The number of carbonyl (C=O) groups excluding carboxylic acids is 1. The highest BCUT2D eigenvalue weighted by Crippen LogP contribution is 2.35. The third-order valence-corrected chi connectivity index (χ3v) is 5.28. The first-order valence-corrected chi connectivity index (χ1v) is 10.3. The molecule has 1 N–H and O–H groups in total. The molecule has 1 unspecified atom stereocenters. The number of hydrogen-bond acceptors (Lipinski definition) is 3. The minimum Gasteiger partial charge on any atom is -0.497 e. The van der Waals surface area contributed by atoms with Crippen molar-refractivity contribution in [2.75, 3.05) is 12.4 Å². The Morgan fingerprint density at radius 3 is 2.45 bits per heavy atom. The van der Waals surface area contributed by atoms with Crippen molar-refractivity contribution in [3.8, 4) is 11.4 Å². The fourth-order valence-corrected chi connectivity index (χ4v) is 3.55. The smallest absolute Gasteiger partial charge is 0.450 e. The zero-order chi connectivity index (χ0) is 22.6. The number of nitrogens with zero attached hydrogens (tertiary/aromatic N) is 2. The van der Waals surface area contributed by atoms with Crippen molar-refractivity contribution in [3.63, 3.8) is 0 Å². The van der Waals surface area contributed by atoms with E-state index in [1.54, 1.807) is 36.4 Å². The van der Waals surface area contributed by atoms with Gasteiger partial charge in [-0.05, 0) is 49.2 Å². The van der Waals surface area contributed by atoms with E-state index in [9.17, 15) is 18.0 Å². The van der Waals surface area contributed by atoms with Crippen LogP contribution in [0, 0.1) is 5.92 Å². The molecule has 166 valence electrons. The molecule has 5 nitrogen and oxygen atoms in total. The first-order chi connectivity index (χ1) is 14.8. The molecule has 0 radical (unpaired) electrons. The fourth-order valence-electron chi connectivity index (χ4n) is 3.55. The number of anilines is 1. The second-order valence-corrected chi connectivity index (χ2v) is 7.41. The molecular weight excluding hydrogens is 407 g/mol. The molecule has 3 aromatic rings. The second kappa shape index (κ2) is 9.41. The highest BCUT2D eigenvalue weighted by Gasteiger charge is 2.38. The number of ether oxygens (including phenoxy) is 1.